The summed E-state index contributed by atoms with van der Waals surface area (Å²) in [7, 11) is 1.77. The van der Waals surface area contributed by atoms with Gasteiger partial charge in [0.2, 0.25) is 0 Å². The molecule has 22 heavy (non-hydrogen) atoms. The van der Waals surface area contributed by atoms with Crippen molar-refractivity contribution in [3.05, 3.63) is 48.0 Å². The fraction of sp³-hybridized carbons (Fsp3) is 0.312. The standard InChI is InChI=1S/C16H16N4O2/c1-19-10-12(8-17)7-15(19)16(21)20-6-4-14(11-20)22-13-3-2-5-18-9-13/h2-3,5,7,9-10,14H,4,6,11H2,1H3/t14-/m0/s1. The Morgan fingerprint density at radius 3 is 3.09 bits per heavy atom. The van der Waals surface area contributed by atoms with E-state index in [9.17, 15) is 4.79 Å². The molecule has 0 N–H and O–H groups in total. The first-order valence-corrected chi connectivity index (χ1v) is 7.10. The topological polar surface area (TPSA) is 71.2 Å². The highest BCUT2D eigenvalue weighted by Gasteiger charge is 2.29. The van der Waals surface area contributed by atoms with E-state index in [-0.39, 0.29) is 12.0 Å². The van der Waals surface area contributed by atoms with E-state index in [0.717, 1.165) is 6.42 Å². The Hall–Kier alpha value is -2.81. The van der Waals surface area contributed by atoms with Gasteiger partial charge in [0, 0.05) is 32.4 Å². The van der Waals surface area contributed by atoms with Crippen LogP contribution < -0.4 is 4.74 Å². The zero-order valence-electron chi connectivity index (χ0n) is 12.3. The normalized spacial score (nSPS) is 17.3. The average molecular weight is 296 g/mol. The van der Waals surface area contributed by atoms with Gasteiger partial charge in [-0.2, -0.15) is 5.26 Å². The van der Waals surface area contributed by atoms with Crippen molar-refractivity contribution >= 4 is 5.91 Å². The molecule has 0 aliphatic carbocycles. The predicted octanol–water partition coefficient (Wildman–Crippen LogP) is 1.59. The molecule has 3 heterocycles. The minimum atomic E-state index is -0.0683. The molecule has 0 aromatic carbocycles. The van der Waals surface area contributed by atoms with Crippen molar-refractivity contribution in [1.82, 2.24) is 14.5 Å². The van der Waals surface area contributed by atoms with Gasteiger partial charge in [-0.25, -0.2) is 0 Å². The van der Waals surface area contributed by atoms with Crippen molar-refractivity contribution in [3.63, 3.8) is 0 Å². The molecule has 1 aliphatic heterocycles. The number of hydrogen-bond acceptors (Lipinski definition) is 4. The minimum Gasteiger partial charge on any atom is -0.487 e. The van der Waals surface area contributed by atoms with E-state index in [1.165, 1.54) is 0 Å². The molecule has 1 saturated heterocycles. The van der Waals surface area contributed by atoms with Crippen LogP contribution in [0.5, 0.6) is 5.75 Å². The fourth-order valence-electron chi connectivity index (χ4n) is 2.62. The number of amides is 1. The molecule has 1 amide bonds. The van der Waals surface area contributed by atoms with E-state index >= 15 is 0 Å². The summed E-state index contributed by atoms with van der Waals surface area (Å²) < 4.78 is 7.52. The van der Waals surface area contributed by atoms with Crippen LogP contribution >= 0.6 is 0 Å². The minimum absolute atomic E-state index is 0.0242. The molecule has 0 saturated carbocycles. The van der Waals surface area contributed by atoms with Crippen LogP contribution in [0, 0.1) is 11.3 Å². The third-order valence-electron chi connectivity index (χ3n) is 3.72. The zero-order valence-corrected chi connectivity index (χ0v) is 12.3. The van der Waals surface area contributed by atoms with E-state index < -0.39 is 0 Å². The molecule has 112 valence electrons. The number of aromatic nitrogens is 2. The first-order chi connectivity index (χ1) is 10.7. The van der Waals surface area contributed by atoms with Gasteiger partial charge < -0.3 is 14.2 Å². The van der Waals surface area contributed by atoms with Gasteiger partial charge in [0.05, 0.1) is 18.3 Å². The van der Waals surface area contributed by atoms with Crippen molar-refractivity contribution in [3.8, 4) is 11.8 Å². The number of ether oxygens (including phenoxy) is 1. The van der Waals surface area contributed by atoms with Gasteiger partial charge in [0.15, 0.2) is 0 Å². The summed E-state index contributed by atoms with van der Waals surface area (Å²) in [5.74, 6) is 0.647. The number of carbonyl (C=O) groups excluding carboxylic acids is 1. The average Bonchev–Trinajstić information content (AvgIpc) is 3.14. The highest BCUT2D eigenvalue weighted by atomic mass is 16.5. The van der Waals surface area contributed by atoms with E-state index in [0.29, 0.717) is 30.1 Å². The number of aryl methyl sites for hydroxylation is 1. The van der Waals surface area contributed by atoms with Crippen LogP contribution in [-0.2, 0) is 7.05 Å². The van der Waals surface area contributed by atoms with E-state index in [4.69, 9.17) is 10.00 Å². The van der Waals surface area contributed by atoms with Gasteiger partial charge >= 0.3 is 0 Å². The largest absolute Gasteiger partial charge is 0.487 e. The number of carbonyl (C=O) groups is 1. The van der Waals surface area contributed by atoms with Crippen LogP contribution in [0.4, 0.5) is 0 Å². The zero-order chi connectivity index (χ0) is 15.5. The second kappa shape index (κ2) is 5.90. The smallest absolute Gasteiger partial charge is 0.270 e. The number of pyridine rings is 1. The Labute approximate surface area is 128 Å². The van der Waals surface area contributed by atoms with Gasteiger partial charge in [-0.05, 0) is 18.2 Å². The monoisotopic (exact) mass is 296 g/mol. The van der Waals surface area contributed by atoms with Gasteiger partial charge in [-0.15, -0.1) is 0 Å². The molecule has 2 aromatic rings. The molecule has 0 spiro atoms. The first-order valence-electron chi connectivity index (χ1n) is 7.10. The second-order valence-electron chi connectivity index (χ2n) is 5.31. The maximum Gasteiger partial charge on any atom is 0.270 e. The number of rotatable bonds is 3. The maximum atomic E-state index is 12.5. The Morgan fingerprint density at radius 1 is 1.55 bits per heavy atom. The highest BCUT2D eigenvalue weighted by Crippen LogP contribution is 2.19. The summed E-state index contributed by atoms with van der Waals surface area (Å²) in [6.07, 6.45) is 5.78. The predicted molar refractivity (Wildman–Crippen MR) is 79.3 cm³/mol. The Balaban J connectivity index is 1.66. The van der Waals surface area contributed by atoms with E-state index in [2.05, 4.69) is 11.1 Å². The Bertz CT molecular complexity index is 717. The summed E-state index contributed by atoms with van der Waals surface area (Å²) in [6.45, 7) is 1.19. The molecular formula is C16H16N4O2. The third-order valence-corrected chi connectivity index (χ3v) is 3.72. The van der Waals surface area contributed by atoms with Crippen LogP contribution in [0.1, 0.15) is 22.5 Å². The lowest BCUT2D eigenvalue weighted by molar-refractivity contribution is 0.0763. The molecule has 6 nitrogen and oxygen atoms in total. The highest BCUT2D eigenvalue weighted by molar-refractivity contribution is 5.93. The molecule has 6 heteroatoms. The molecule has 1 fully saturated rings. The summed E-state index contributed by atoms with van der Waals surface area (Å²) in [5, 5.41) is 8.91. The summed E-state index contributed by atoms with van der Waals surface area (Å²) in [6, 6.07) is 7.35. The SMILES string of the molecule is Cn1cc(C#N)cc1C(=O)N1CC[C@H](Oc2cccnc2)C1. The van der Waals surface area contributed by atoms with Crippen LogP contribution in [-0.4, -0.2) is 39.6 Å². The maximum absolute atomic E-state index is 12.5. The van der Waals surface area contributed by atoms with Crippen LogP contribution in [0.25, 0.3) is 0 Å². The van der Waals surface area contributed by atoms with Crippen molar-refractivity contribution in [2.75, 3.05) is 13.1 Å². The lowest BCUT2D eigenvalue weighted by Crippen LogP contribution is -2.32. The quantitative estimate of drug-likeness (QED) is 0.862. The van der Waals surface area contributed by atoms with Crippen molar-refractivity contribution in [2.24, 2.45) is 7.05 Å². The summed E-state index contributed by atoms with van der Waals surface area (Å²) in [5.41, 5.74) is 1.02. The van der Waals surface area contributed by atoms with Gasteiger partial charge in [-0.3, -0.25) is 9.78 Å². The number of nitrogens with zero attached hydrogens (tertiary/aromatic N) is 4. The molecule has 0 bridgehead atoms. The molecule has 1 atom stereocenters. The first kappa shape index (κ1) is 14.1. The van der Waals surface area contributed by atoms with Gasteiger partial charge in [-0.1, -0.05) is 0 Å². The van der Waals surface area contributed by atoms with Crippen molar-refractivity contribution in [1.29, 1.82) is 5.26 Å². The molecule has 0 radical (unpaired) electrons. The molecule has 1 aliphatic rings. The van der Waals surface area contributed by atoms with E-state index in [1.54, 1.807) is 41.2 Å². The summed E-state index contributed by atoms with van der Waals surface area (Å²) >= 11 is 0. The number of likely N-dealkylation sites (tertiary alicyclic amines) is 1. The summed E-state index contributed by atoms with van der Waals surface area (Å²) in [4.78, 5) is 18.3. The molecule has 3 rings (SSSR count). The van der Waals surface area contributed by atoms with Gasteiger partial charge in [0.25, 0.3) is 5.91 Å². The van der Waals surface area contributed by atoms with Gasteiger partial charge in [0.1, 0.15) is 23.6 Å². The van der Waals surface area contributed by atoms with Crippen LogP contribution in [0.2, 0.25) is 0 Å². The lowest BCUT2D eigenvalue weighted by Gasteiger charge is -2.17. The number of nitriles is 1. The fourth-order valence-corrected chi connectivity index (χ4v) is 2.62. The molecule has 2 aromatic heterocycles. The molecule has 0 unspecified atom stereocenters. The Morgan fingerprint density at radius 2 is 2.41 bits per heavy atom. The van der Waals surface area contributed by atoms with Crippen LogP contribution in [0.15, 0.2) is 36.8 Å². The third kappa shape index (κ3) is 2.79. The van der Waals surface area contributed by atoms with E-state index in [1.807, 2.05) is 12.1 Å². The molecular weight excluding hydrogens is 280 g/mol. The van der Waals surface area contributed by atoms with Crippen molar-refractivity contribution in [2.45, 2.75) is 12.5 Å². The number of hydrogen-bond donors (Lipinski definition) is 0. The second-order valence-corrected chi connectivity index (χ2v) is 5.31. The van der Waals surface area contributed by atoms with Crippen molar-refractivity contribution < 1.29 is 9.53 Å². The Kier molecular flexibility index (Phi) is 3.79. The van der Waals surface area contributed by atoms with Crippen LogP contribution in [0.3, 0.4) is 0 Å². The lowest BCUT2D eigenvalue weighted by atomic mass is 10.3.